The van der Waals surface area contributed by atoms with Crippen LogP contribution < -0.4 is 10.1 Å². The number of hydrogen-bond acceptors (Lipinski definition) is 6. The highest BCUT2D eigenvalue weighted by Gasteiger charge is 2.42. The molecule has 0 radical (unpaired) electrons. The Balaban J connectivity index is 1.65. The van der Waals surface area contributed by atoms with E-state index in [0.29, 0.717) is 42.5 Å². The number of thiocarbonyl (C=S) groups is 1. The minimum Gasteiger partial charge on any atom is -0.497 e. The molecular weight excluding hydrogens is 454 g/mol. The number of rotatable bonds is 10. The van der Waals surface area contributed by atoms with Crippen LogP contribution in [-0.2, 0) is 20.7 Å². The van der Waals surface area contributed by atoms with Gasteiger partial charge < -0.3 is 19.7 Å². The standard InChI is InChI=1S/C25H29N3O5S/c1-4-27-23(30)21(28(25(27)34)15-14-17-6-12-20(32-3)13-7-17)16-22(29)26-19-10-8-18(9-11-19)24(31)33-5-2/h6-13,21H,4-5,14-16H2,1-3H3,(H,26,29)/t21-/m1/s1. The summed E-state index contributed by atoms with van der Waals surface area (Å²) in [7, 11) is 1.62. The minimum absolute atomic E-state index is 0.0300. The van der Waals surface area contributed by atoms with Crippen molar-refractivity contribution < 1.29 is 23.9 Å². The average molecular weight is 484 g/mol. The molecule has 0 unspecified atom stereocenters. The van der Waals surface area contributed by atoms with Gasteiger partial charge in [0, 0.05) is 18.8 Å². The van der Waals surface area contributed by atoms with Gasteiger partial charge in [-0.05, 0) is 74.4 Å². The number of esters is 1. The Morgan fingerprint density at radius 3 is 2.32 bits per heavy atom. The van der Waals surface area contributed by atoms with Crippen molar-refractivity contribution in [1.82, 2.24) is 9.80 Å². The molecular formula is C25H29N3O5S. The van der Waals surface area contributed by atoms with E-state index in [1.54, 1.807) is 38.3 Å². The molecule has 0 bridgehead atoms. The molecule has 8 nitrogen and oxygen atoms in total. The molecule has 0 aromatic heterocycles. The summed E-state index contributed by atoms with van der Waals surface area (Å²) >= 11 is 5.55. The molecule has 0 saturated carbocycles. The zero-order valence-electron chi connectivity index (χ0n) is 19.6. The number of likely N-dealkylation sites (N-methyl/N-ethyl adjacent to an activating group) is 1. The van der Waals surface area contributed by atoms with E-state index >= 15 is 0 Å². The van der Waals surface area contributed by atoms with Gasteiger partial charge in [0.25, 0.3) is 5.91 Å². The van der Waals surface area contributed by atoms with Gasteiger partial charge in [0.15, 0.2) is 5.11 Å². The molecule has 2 aromatic rings. The fourth-order valence-corrected chi connectivity index (χ4v) is 4.21. The van der Waals surface area contributed by atoms with Crippen LogP contribution in [0.1, 0.15) is 36.2 Å². The second-order valence-electron chi connectivity index (χ2n) is 7.72. The number of carbonyl (C=O) groups is 3. The molecule has 9 heteroatoms. The van der Waals surface area contributed by atoms with E-state index in [1.165, 1.54) is 4.90 Å². The van der Waals surface area contributed by atoms with Gasteiger partial charge in [-0.2, -0.15) is 0 Å². The number of methoxy groups -OCH3 is 1. The summed E-state index contributed by atoms with van der Waals surface area (Å²) in [4.78, 5) is 40.9. The SMILES string of the molecule is CCOC(=O)c1ccc(NC(=O)C[C@@H]2C(=O)N(CC)C(=S)N2CCc2ccc(OC)cc2)cc1. The molecule has 1 N–H and O–H groups in total. The van der Waals surface area contributed by atoms with E-state index < -0.39 is 12.0 Å². The van der Waals surface area contributed by atoms with Gasteiger partial charge in [0.1, 0.15) is 11.8 Å². The van der Waals surface area contributed by atoms with Crippen LogP contribution in [0.3, 0.4) is 0 Å². The van der Waals surface area contributed by atoms with Gasteiger partial charge in [-0.15, -0.1) is 0 Å². The van der Waals surface area contributed by atoms with Crippen LogP contribution >= 0.6 is 12.2 Å². The smallest absolute Gasteiger partial charge is 0.338 e. The Labute approximate surface area is 204 Å². The first-order chi connectivity index (χ1) is 16.4. The number of ether oxygens (including phenoxy) is 2. The third-order valence-electron chi connectivity index (χ3n) is 5.58. The molecule has 180 valence electrons. The lowest BCUT2D eigenvalue weighted by molar-refractivity contribution is -0.130. The number of anilines is 1. The van der Waals surface area contributed by atoms with Gasteiger partial charge >= 0.3 is 5.97 Å². The lowest BCUT2D eigenvalue weighted by atomic mass is 10.1. The highest BCUT2D eigenvalue weighted by molar-refractivity contribution is 7.80. The monoisotopic (exact) mass is 483 g/mol. The van der Waals surface area contributed by atoms with Crippen LogP contribution in [0.2, 0.25) is 0 Å². The third-order valence-corrected chi connectivity index (χ3v) is 6.03. The van der Waals surface area contributed by atoms with Crippen LogP contribution in [0, 0.1) is 0 Å². The van der Waals surface area contributed by atoms with E-state index in [0.717, 1.165) is 11.3 Å². The van der Waals surface area contributed by atoms with E-state index in [4.69, 9.17) is 21.7 Å². The number of amides is 2. The molecule has 1 atom stereocenters. The normalized spacial score (nSPS) is 15.4. The molecule has 2 amide bonds. The fraction of sp³-hybridized carbons (Fsp3) is 0.360. The zero-order chi connectivity index (χ0) is 24.7. The van der Waals surface area contributed by atoms with Crippen molar-refractivity contribution in [2.45, 2.75) is 32.7 Å². The van der Waals surface area contributed by atoms with Crippen LogP contribution in [0.25, 0.3) is 0 Å². The molecule has 1 aliphatic heterocycles. The maximum absolute atomic E-state index is 13.0. The quantitative estimate of drug-likeness (QED) is 0.410. The number of benzene rings is 2. The van der Waals surface area contributed by atoms with Gasteiger partial charge in [0.05, 0.1) is 25.7 Å². The number of carbonyl (C=O) groups excluding carboxylic acids is 3. The van der Waals surface area contributed by atoms with Gasteiger partial charge in [0.2, 0.25) is 5.91 Å². The summed E-state index contributed by atoms with van der Waals surface area (Å²) in [5.74, 6) is -0.123. The van der Waals surface area contributed by atoms with E-state index in [9.17, 15) is 14.4 Å². The Morgan fingerprint density at radius 2 is 1.74 bits per heavy atom. The van der Waals surface area contributed by atoms with Crippen LogP contribution in [0.4, 0.5) is 5.69 Å². The van der Waals surface area contributed by atoms with Gasteiger partial charge in [-0.1, -0.05) is 12.1 Å². The van der Waals surface area contributed by atoms with Gasteiger partial charge in [-0.25, -0.2) is 4.79 Å². The van der Waals surface area contributed by atoms with Crippen molar-refractivity contribution in [3.8, 4) is 5.75 Å². The Kier molecular flexibility index (Phi) is 8.59. The summed E-state index contributed by atoms with van der Waals surface area (Å²) in [6.45, 7) is 4.85. The summed E-state index contributed by atoms with van der Waals surface area (Å²) < 4.78 is 10.2. The number of nitrogens with zero attached hydrogens (tertiary/aromatic N) is 2. The molecule has 0 aliphatic carbocycles. The predicted octanol–water partition coefficient (Wildman–Crippen LogP) is 3.26. The summed E-state index contributed by atoms with van der Waals surface area (Å²) in [6.07, 6.45) is 0.639. The second-order valence-corrected chi connectivity index (χ2v) is 8.09. The third kappa shape index (κ3) is 5.91. The first kappa shape index (κ1) is 25.2. The molecule has 1 aliphatic rings. The summed E-state index contributed by atoms with van der Waals surface area (Å²) in [5, 5.41) is 3.24. The van der Waals surface area contributed by atoms with Crippen molar-refractivity contribution in [3.05, 3.63) is 59.7 Å². The number of hydrogen-bond donors (Lipinski definition) is 1. The molecule has 2 aromatic carbocycles. The molecule has 0 spiro atoms. The summed E-state index contributed by atoms with van der Waals surface area (Å²) in [5.41, 5.74) is 2.01. The Morgan fingerprint density at radius 1 is 1.06 bits per heavy atom. The number of nitrogens with one attached hydrogen (secondary N) is 1. The van der Waals surface area contributed by atoms with Crippen molar-refractivity contribution in [2.24, 2.45) is 0 Å². The summed E-state index contributed by atoms with van der Waals surface area (Å²) in [6, 6.07) is 13.5. The second kappa shape index (κ2) is 11.6. The topological polar surface area (TPSA) is 88.2 Å². The molecule has 1 heterocycles. The van der Waals surface area contributed by atoms with Crippen LogP contribution in [0.5, 0.6) is 5.75 Å². The van der Waals surface area contributed by atoms with Gasteiger partial charge in [-0.3, -0.25) is 14.5 Å². The van der Waals surface area contributed by atoms with Crippen LogP contribution in [0.15, 0.2) is 48.5 Å². The van der Waals surface area contributed by atoms with Crippen molar-refractivity contribution >= 4 is 40.8 Å². The Hall–Kier alpha value is -3.46. The molecule has 34 heavy (non-hydrogen) atoms. The largest absolute Gasteiger partial charge is 0.497 e. The average Bonchev–Trinajstić information content (AvgIpc) is 3.06. The lowest BCUT2D eigenvalue weighted by Crippen LogP contribution is -2.39. The molecule has 1 fully saturated rings. The fourth-order valence-electron chi connectivity index (χ4n) is 3.77. The maximum Gasteiger partial charge on any atom is 0.338 e. The highest BCUT2D eigenvalue weighted by Crippen LogP contribution is 2.22. The lowest BCUT2D eigenvalue weighted by Gasteiger charge is -2.23. The van der Waals surface area contributed by atoms with E-state index in [1.807, 2.05) is 36.1 Å². The van der Waals surface area contributed by atoms with Crippen molar-refractivity contribution in [3.63, 3.8) is 0 Å². The first-order valence-electron chi connectivity index (χ1n) is 11.2. The van der Waals surface area contributed by atoms with Crippen LogP contribution in [-0.4, -0.2) is 65.5 Å². The van der Waals surface area contributed by atoms with E-state index in [-0.39, 0.29) is 18.2 Å². The first-order valence-corrected chi connectivity index (χ1v) is 11.6. The molecule has 3 rings (SSSR count). The highest BCUT2D eigenvalue weighted by atomic mass is 32.1. The predicted molar refractivity (Wildman–Crippen MR) is 133 cm³/mol. The molecule has 1 saturated heterocycles. The maximum atomic E-state index is 13.0. The zero-order valence-corrected chi connectivity index (χ0v) is 20.4. The Bertz CT molecular complexity index is 1040. The minimum atomic E-state index is -0.662. The van der Waals surface area contributed by atoms with E-state index in [2.05, 4.69) is 5.32 Å². The van der Waals surface area contributed by atoms with Crippen molar-refractivity contribution in [1.29, 1.82) is 0 Å². The van der Waals surface area contributed by atoms with Crippen molar-refractivity contribution in [2.75, 3.05) is 32.1 Å².